The molecule has 0 heterocycles. The van der Waals surface area contributed by atoms with Gasteiger partial charge in [-0.1, -0.05) is 6.07 Å². The summed E-state index contributed by atoms with van der Waals surface area (Å²) in [6.45, 7) is 0.321. The van der Waals surface area contributed by atoms with E-state index in [0.717, 1.165) is 0 Å². The number of halogens is 1. The highest BCUT2D eigenvalue weighted by atomic mass is 19.1. The average molecular weight is 234 g/mol. The zero-order valence-electron chi connectivity index (χ0n) is 9.03. The molecule has 0 bridgehead atoms. The highest BCUT2D eigenvalue weighted by Crippen LogP contribution is 2.35. The van der Waals surface area contributed by atoms with Crippen molar-refractivity contribution in [3.05, 3.63) is 35.1 Å². The van der Waals surface area contributed by atoms with Crippen LogP contribution in [0.25, 0.3) is 0 Å². The average Bonchev–Trinajstić information content (AvgIpc) is 3.09. The number of carboxylic acids is 1. The topological polar surface area (TPSA) is 73.1 Å². The number of nitriles is 1. The van der Waals surface area contributed by atoms with Gasteiger partial charge in [-0.25, -0.2) is 4.39 Å². The van der Waals surface area contributed by atoms with Crippen LogP contribution in [0.15, 0.2) is 18.2 Å². The number of rotatable bonds is 4. The van der Waals surface area contributed by atoms with Crippen LogP contribution in [0.3, 0.4) is 0 Å². The van der Waals surface area contributed by atoms with E-state index in [1.807, 2.05) is 0 Å². The van der Waals surface area contributed by atoms with E-state index in [-0.39, 0.29) is 5.56 Å². The molecule has 0 amide bonds. The zero-order valence-corrected chi connectivity index (χ0v) is 9.03. The van der Waals surface area contributed by atoms with Crippen molar-refractivity contribution in [1.82, 2.24) is 5.32 Å². The summed E-state index contributed by atoms with van der Waals surface area (Å²) in [5.41, 5.74) is -0.138. The molecule has 1 aliphatic rings. The van der Waals surface area contributed by atoms with E-state index in [4.69, 9.17) is 10.4 Å². The third kappa shape index (κ3) is 2.27. The molecule has 0 aromatic heterocycles. The summed E-state index contributed by atoms with van der Waals surface area (Å²) in [7, 11) is 0. The fourth-order valence-corrected chi connectivity index (χ4v) is 1.63. The molecule has 0 aliphatic heterocycles. The SMILES string of the molecule is N#Cc1cc(CNC2(C(=O)O)CC2)ccc1F. The van der Waals surface area contributed by atoms with Gasteiger partial charge in [0.25, 0.3) is 0 Å². The van der Waals surface area contributed by atoms with Gasteiger partial charge in [-0.15, -0.1) is 0 Å². The van der Waals surface area contributed by atoms with Crippen molar-refractivity contribution < 1.29 is 14.3 Å². The molecule has 1 aliphatic carbocycles. The van der Waals surface area contributed by atoms with Gasteiger partial charge in [0.05, 0.1) is 5.56 Å². The zero-order chi connectivity index (χ0) is 12.5. The number of aliphatic carboxylic acids is 1. The van der Waals surface area contributed by atoms with E-state index in [1.54, 1.807) is 12.1 Å². The van der Waals surface area contributed by atoms with Crippen LogP contribution in [0.2, 0.25) is 0 Å². The van der Waals surface area contributed by atoms with Crippen LogP contribution < -0.4 is 5.32 Å². The van der Waals surface area contributed by atoms with Crippen molar-refractivity contribution in [2.45, 2.75) is 24.9 Å². The van der Waals surface area contributed by atoms with Gasteiger partial charge >= 0.3 is 5.97 Å². The summed E-state index contributed by atoms with van der Waals surface area (Å²) in [6, 6.07) is 5.94. The second kappa shape index (κ2) is 4.15. The molecule has 5 heteroatoms. The summed E-state index contributed by atoms with van der Waals surface area (Å²) in [5.74, 6) is -1.42. The minimum absolute atomic E-state index is 0.0236. The highest BCUT2D eigenvalue weighted by molar-refractivity contribution is 5.82. The van der Waals surface area contributed by atoms with Crippen molar-refractivity contribution in [3.63, 3.8) is 0 Å². The molecule has 1 fully saturated rings. The molecule has 1 saturated carbocycles. The number of nitrogens with one attached hydrogen (secondary N) is 1. The van der Waals surface area contributed by atoms with Gasteiger partial charge in [0.1, 0.15) is 17.4 Å². The van der Waals surface area contributed by atoms with Gasteiger partial charge in [-0.3, -0.25) is 10.1 Å². The molecule has 88 valence electrons. The Kier molecular flexibility index (Phi) is 2.82. The van der Waals surface area contributed by atoms with Crippen LogP contribution in [-0.2, 0) is 11.3 Å². The van der Waals surface area contributed by atoms with Crippen molar-refractivity contribution in [2.75, 3.05) is 0 Å². The molecule has 1 aromatic rings. The van der Waals surface area contributed by atoms with E-state index in [2.05, 4.69) is 5.32 Å². The van der Waals surface area contributed by atoms with Crippen molar-refractivity contribution in [3.8, 4) is 6.07 Å². The molecular weight excluding hydrogens is 223 g/mol. The van der Waals surface area contributed by atoms with Gasteiger partial charge in [-0.2, -0.15) is 5.26 Å². The van der Waals surface area contributed by atoms with Gasteiger partial charge in [0, 0.05) is 6.54 Å². The molecule has 0 atom stereocenters. The predicted octanol–water partition coefficient (Wildman–Crippen LogP) is 1.40. The summed E-state index contributed by atoms with van der Waals surface area (Å²) in [5, 5.41) is 20.5. The van der Waals surface area contributed by atoms with E-state index in [0.29, 0.717) is 24.9 Å². The third-order valence-electron chi connectivity index (χ3n) is 2.94. The lowest BCUT2D eigenvalue weighted by Crippen LogP contribution is -2.38. The van der Waals surface area contributed by atoms with E-state index in [1.165, 1.54) is 12.1 Å². The summed E-state index contributed by atoms with van der Waals surface area (Å²) >= 11 is 0. The Morgan fingerprint density at radius 1 is 1.59 bits per heavy atom. The van der Waals surface area contributed by atoms with E-state index >= 15 is 0 Å². The van der Waals surface area contributed by atoms with Crippen LogP contribution in [0.1, 0.15) is 24.0 Å². The molecule has 2 N–H and O–H groups in total. The lowest BCUT2D eigenvalue weighted by Gasteiger charge is -2.12. The Balaban J connectivity index is 2.06. The third-order valence-corrected chi connectivity index (χ3v) is 2.94. The number of carboxylic acid groups (broad SMARTS) is 1. The maximum Gasteiger partial charge on any atom is 0.323 e. The quantitative estimate of drug-likeness (QED) is 0.826. The first-order valence-corrected chi connectivity index (χ1v) is 5.24. The van der Waals surface area contributed by atoms with Gasteiger partial charge in [0.2, 0.25) is 0 Å². The first-order chi connectivity index (χ1) is 8.07. The van der Waals surface area contributed by atoms with Crippen LogP contribution in [0, 0.1) is 17.1 Å². The molecule has 2 rings (SSSR count). The Bertz CT molecular complexity index is 504. The fourth-order valence-electron chi connectivity index (χ4n) is 1.63. The molecule has 4 nitrogen and oxygen atoms in total. The molecular formula is C12H11FN2O2. The van der Waals surface area contributed by atoms with Crippen molar-refractivity contribution in [1.29, 1.82) is 5.26 Å². The number of nitrogens with zero attached hydrogens (tertiary/aromatic N) is 1. The number of hydrogen-bond donors (Lipinski definition) is 2. The molecule has 0 radical (unpaired) electrons. The molecule has 1 aromatic carbocycles. The van der Waals surface area contributed by atoms with Crippen LogP contribution in [0.5, 0.6) is 0 Å². The lowest BCUT2D eigenvalue weighted by molar-refractivity contribution is -0.140. The number of benzene rings is 1. The number of carbonyl (C=O) groups is 1. The second-order valence-electron chi connectivity index (χ2n) is 4.17. The highest BCUT2D eigenvalue weighted by Gasteiger charge is 2.49. The molecule has 0 saturated heterocycles. The molecule has 17 heavy (non-hydrogen) atoms. The van der Waals surface area contributed by atoms with Crippen LogP contribution in [0.4, 0.5) is 4.39 Å². The smallest absolute Gasteiger partial charge is 0.323 e. The van der Waals surface area contributed by atoms with Gasteiger partial charge in [0.15, 0.2) is 0 Å². The summed E-state index contributed by atoms with van der Waals surface area (Å²) in [6.07, 6.45) is 1.21. The Labute approximate surface area is 97.7 Å². The van der Waals surface area contributed by atoms with E-state index < -0.39 is 17.3 Å². The standard InChI is InChI=1S/C12H11FN2O2/c13-10-2-1-8(5-9(10)6-14)7-15-12(3-4-12)11(16)17/h1-2,5,15H,3-4,7H2,(H,16,17). The minimum atomic E-state index is -0.861. The summed E-state index contributed by atoms with van der Waals surface area (Å²) < 4.78 is 13.0. The first-order valence-electron chi connectivity index (χ1n) is 5.24. The normalized spacial score (nSPS) is 16.2. The van der Waals surface area contributed by atoms with Crippen molar-refractivity contribution in [2.24, 2.45) is 0 Å². The second-order valence-corrected chi connectivity index (χ2v) is 4.17. The van der Waals surface area contributed by atoms with Gasteiger partial charge < -0.3 is 5.11 Å². The lowest BCUT2D eigenvalue weighted by atomic mass is 10.1. The number of hydrogen-bond acceptors (Lipinski definition) is 3. The minimum Gasteiger partial charge on any atom is -0.480 e. The maximum atomic E-state index is 13.0. The van der Waals surface area contributed by atoms with Crippen LogP contribution in [-0.4, -0.2) is 16.6 Å². The van der Waals surface area contributed by atoms with E-state index in [9.17, 15) is 9.18 Å². The molecule has 0 spiro atoms. The Hall–Kier alpha value is -1.93. The van der Waals surface area contributed by atoms with Crippen molar-refractivity contribution >= 4 is 5.97 Å². The van der Waals surface area contributed by atoms with Crippen LogP contribution >= 0.6 is 0 Å². The first kappa shape index (κ1) is 11.6. The Morgan fingerprint density at radius 3 is 2.82 bits per heavy atom. The van der Waals surface area contributed by atoms with Gasteiger partial charge in [-0.05, 0) is 30.5 Å². The molecule has 0 unspecified atom stereocenters. The monoisotopic (exact) mass is 234 g/mol. The summed E-state index contributed by atoms with van der Waals surface area (Å²) in [4.78, 5) is 10.9. The largest absolute Gasteiger partial charge is 0.480 e. The Morgan fingerprint density at radius 2 is 2.29 bits per heavy atom. The fraction of sp³-hybridized carbons (Fsp3) is 0.333. The predicted molar refractivity (Wildman–Crippen MR) is 57.6 cm³/mol. The maximum absolute atomic E-state index is 13.0.